The van der Waals surface area contributed by atoms with Crippen molar-refractivity contribution in [3.8, 4) is 0 Å². The lowest BCUT2D eigenvalue weighted by molar-refractivity contribution is -0.121. The summed E-state index contributed by atoms with van der Waals surface area (Å²) >= 11 is 0. The number of aryl methyl sites for hydroxylation is 1. The molecule has 5 heteroatoms. The van der Waals surface area contributed by atoms with Gasteiger partial charge in [-0.05, 0) is 49.9 Å². The van der Waals surface area contributed by atoms with Crippen LogP contribution in [-0.2, 0) is 4.79 Å². The van der Waals surface area contributed by atoms with Gasteiger partial charge in [-0.1, -0.05) is 0 Å². The molecular formula is C15H21N3O2. The van der Waals surface area contributed by atoms with Gasteiger partial charge < -0.3 is 16.4 Å². The SMILES string of the molecule is Cc1cc(C(=O)NCCCC(=O)NC2CC2)ccc1N. The van der Waals surface area contributed by atoms with Crippen molar-refractivity contribution in [1.82, 2.24) is 10.6 Å². The summed E-state index contributed by atoms with van der Waals surface area (Å²) in [5.41, 5.74) is 7.88. The van der Waals surface area contributed by atoms with Gasteiger partial charge in [-0.2, -0.15) is 0 Å². The van der Waals surface area contributed by atoms with Gasteiger partial charge in [-0.3, -0.25) is 9.59 Å². The van der Waals surface area contributed by atoms with Crippen LogP contribution in [0.25, 0.3) is 0 Å². The minimum atomic E-state index is -0.129. The summed E-state index contributed by atoms with van der Waals surface area (Å²) in [6.07, 6.45) is 3.30. The molecule has 108 valence electrons. The fourth-order valence-electron chi connectivity index (χ4n) is 1.90. The Bertz CT molecular complexity index is 510. The molecule has 1 aliphatic rings. The van der Waals surface area contributed by atoms with Gasteiger partial charge in [0.25, 0.3) is 5.91 Å². The molecule has 0 spiro atoms. The van der Waals surface area contributed by atoms with Crippen LogP contribution in [0.1, 0.15) is 41.6 Å². The summed E-state index contributed by atoms with van der Waals surface area (Å²) in [6.45, 7) is 2.37. The number of amides is 2. The first-order valence-electron chi connectivity index (χ1n) is 7.00. The number of rotatable bonds is 6. The first-order valence-corrected chi connectivity index (χ1v) is 7.00. The van der Waals surface area contributed by atoms with E-state index >= 15 is 0 Å². The molecule has 5 nitrogen and oxygen atoms in total. The lowest BCUT2D eigenvalue weighted by Gasteiger charge is -2.07. The Morgan fingerprint density at radius 2 is 2.10 bits per heavy atom. The third-order valence-corrected chi connectivity index (χ3v) is 3.34. The maximum atomic E-state index is 11.9. The van der Waals surface area contributed by atoms with Crippen molar-refractivity contribution in [2.45, 2.75) is 38.6 Å². The molecule has 0 aromatic heterocycles. The van der Waals surface area contributed by atoms with Gasteiger partial charge in [0.2, 0.25) is 5.91 Å². The van der Waals surface area contributed by atoms with E-state index in [9.17, 15) is 9.59 Å². The normalized spacial score (nSPS) is 13.8. The van der Waals surface area contributed by atoms with E-state index in [4.69, 9.17) is 5.73 Å². The molecule has 2 amide bonds. The van der Waals surface area contributed by atoms with Crippen LogP contribution in [0.3, 0.4) is 0 Å². The summed E-state index contributed by atoms with van der Waals surface area (Å²) in [7, 11) is 0. The van der Waals surface area contributed by atoms with Crippen molar-refractivity contribution in [2.24, 2.45) is 0 Å². The van der Waals surface area contributed by atoms with E-state index in [1.165, 1.54) is 0 Å². The topological polar surface area (TPSA) is 84.2 Å². The molecule has 0 saturated heterocycles. The van der Waals surface area contributed by atoms with E-state index in [-0.39, 0.29) is 11.8 Å². The predicted octanol–water partition coefficient (Wildman–Crippen LogP) is 1.37. The van der Waals surface area contributed by atoms with Crippen LogP contribution < -0.4 is 16.4 Å². The first kappa shape index (κ1) is 14.4. The van der Waals surface area contributed by atoms with E-state index < -0.39 is 0 Å². The first-order chi connectivity index (χ1) is 9.56. The Morgan fingerprint density at radius 3 is 2.75 bits per heavy atom. The number of nitrogens with two attached hydrogens (primary N) is 1. The van der Waals surface area contributed by atoms with Gasteiger partial charge in [0, 0.05) is 30.3 Å². The minimum absolute atomic E-state index is 0.0741. The third kappa shape index (κ3) is 4.26. The molecule has 2 rings (SSSR count). The van der Waals surface area contributed by atoms with Crippen LogP contribution in [0.2, 0.25) is 0 Å². The number of benzene rings is 1. The van der Waals surface area contributed by atoms with Crippen LogP contribution in [-0.4, -0.2) is 24.4 Å². The maximum Gasteiger partial charge on any atom is 0.251 e. The number of nitrogen functional groups attached to an aromatic ring is 1. The molecule has 0 heterocycles. The summed E-state index contributed by atoms with van der Waals surface area (Å²) in [5, 5.41) is 5.73. The standard InChI is InChI=1S/C15H21N3O2/c1-10-9-11(4-7-13(10)16)15(20)17-8-2-3-14(19)18-12-5-6-12/h4,7,9,12H,2-3,5-6,8,16H2,1H3,(H,17,20)(H,18,19). The van der Waals surface area contributed by atoms with Crippen molar-refractivity contribution < 1.29 is 9.59 Å². The second-order valence-corrected chi connectivity index (χ2v) is 5.27. The van der Waals surface area contributed by atoms with Gasteiger partial charge in [0.1, 0.15) is 0 Å². The molecule has 0 radical (unpaired) electrons. The summed E-state index contributed by atoms with van der Waals surface area (Å²) in [4.78, 5) is 23.3. The predicted molar refractivity (Wildman–Crippen MR) is 78.3 cm³/mol. The van der Waals surface area contributed by atoms with Crippen molar-refractivity contribution in [1.29, 1.82) is 0 Å². The molecule has 20 heavy (non-hydrogen) atoms. The Hall–Kier alpha value is -2.04. The van der Waals surface area contributed by atoms with E-state index in [0.29, 0.717) is 36.7 Å². The number of carbonyl (C=O) groups is 2. The Morgan fingerprint density at radius 1 is 1.35 bits per heavy atom. The van der Waals surface area contributed by atoms with E-state index in [1.54, 1.807) is 18.2 Å². The van der Waals surface area contributed by atoms with E-state index in [2.05, 4.69) is 10.6 Å². The molecular weight excluding hydrogens is 254 g/mol. The van der Waals surface area contributed by atoms with Gasteiger partial charge in [-0.15, -0.1) is 0 Å². The molecule has 1 aromatic carbocycles. The Kier molecular flexibility index (Phi) is 4.61. The second-order valence-electron chi connectivity index (χ2n) is 5.27. The quantitative estimate of drug-likeness (QED) is 0.541. The third-order valence-electron chi connectivity index (χ3n) is 3.34. The smallest absolute Gasteiger partial charge is 0.251 e. The molecule has 1 aromatic rings. The number of anilines is 1. The van der Waals surface area contributed by atoms with Crippen molar-refractivity contribution in [3.63, 3.8) is 0 Å². The van der Waals surface area contributed by atoms with Gasteiger partial charge in [0.15, 0.2) is 0 Å². The lowest BCUT2D eigenvalue weighted by atomic mass is 10.1. The van der Waals surface area contributed by atoms with Crippen molar-refractivity contribution >= 4 is 17.5 Å². The second kappa shape index (κ2) is 6.41. The fourth-order valence-corrected chi connectivity index (χ4v) is 1.90. The number of hydrogen-bond donors (Lipinski definition) is 3. The molecule has 1 aliphatic carbocycles. The number of hydrogen-bond acceptors (Lipinski definition) is 3. The van der Waals surface area contributed by atoms with Gasteiger partial charge >= 0.3 is 0 Å². The highest BCUT2D eigenvalue weighted by molar-refractivity contribution is 5.94. The van der Waals surface area contributed by atoms with Crippen LogP contribution in [0, 0.1) is 6.92 Å². The number of carbonyl (C=O) groups excluding carboxylic acids is 2. The highest BCUT2D eigenvalue weighted by Gasteiger charge is 2.22. The monoisotopic (exact) mass is 275 g/mol. The Balaban J connectivity index is 1.68. The van der Waals surface area contributed by atoms with Crippen LogP contribution in [0.15, 0.2) is 18.2 Å². The molecule has 1 saturated carbocycles. The van der Waals surface area contributed by atoms with Crippen LogP contribution >= 0.6 is 0 Å². The molecule has 4 N–H and O–H groups in total. The molecule has 1 fully saturated rings. The maximum absolute atomic E-state index is 11.9. The zero-order chi connectivity index (χ0) is 14.5. The molecule has 0 unspecified atom stereocenters. The van der Waals surface area contributed by atoms with Crippen molar-refractivity contribution in [2.75, 3.05) is 12.3 Å². The molecule has 0 atom stereocenters. The molecule has 0 bridgehead atoms. The highest BCUT2D eigenvalue weighted by atomic mass is 16.2. The zero-order valence-electron chi connectivity index (χ0n) is 11.7. The Labute approximate surface area is 118 Å². The van der Waals surface area contributed by atoms with E-state index in [0.717, 1.165) is 18.4 Å². The zero-order valence-corrected chi connectivity index (χ0v) is 11.7. The lowest BCUT2D eigenvalue weighted by Crippen LogP contribution is -2.28. The van der Waals surface area contributed by atoms with Crippen molar-refractivity contribution in [3.05, 3.63) is 29.3 Å². The van der Waals surface area contributed by atoms with Gasteiger partial charge in [-0.25, -0.2) is 0 Å². The average molecular weight is 275 g/mol. The summed E-state index contributed by atoms with van der Waals surface area (Å²) < 4.78 is 0. The van der Waals surface area contributed by atoms with Gasteiger partial charge in [0.05, 0.1) is 0 Å². The summed E-state index contributed by atoms with van der Waals surface area (Å²) in [5.74, 6) is -0.0548. The average Bonchev–Trinajstić information content (AvgIpc) is 3.21. The minimum Gasteiger partial charge on any atom is -0.399 e. The number of nitrogens with one attached hydrogen (secondary N) is 2. The van der Waals surface area contributed by atoms with Crippen LogP contribution in [0.5, 0.6) is 0 Å². The van der Waals surface area contributed by atoms with Crippen LogP contribution in [0.4, 0.5) is 5.69 Å². The molecule has 0 aliphatic heterocycles. The largest absolute Gasteiger partial charge is 0.399 e. The highest BCUT2D eigenvalue weighted by Crippen LogP contribution is 2.18. The van der Waals surface area contributed by atoms with E-state index in [1.807, 2.05) is 6.92 Å². The fraction of sp³-hybridized carbons (Fsp3) is 0.467. The summed E-state index contributed by atoms with van der Waals surface area (Å²) in [6, 6.07) is 5.60.